The molecule has 31 heavy (non-hydrogen) atoms. The summed E-state index contributed by atoms with van der Waals surface area (Å²) in [5.74, 6) is 3.17. The number of nitrogens with zero attached hydrogens (tertiary/aromatic N) is 1. The average Bonchev–Trinajstić information content (AvgIpc) is 3.46. The predicted molar refractivity (Wildman–Crippen MR) is 113 cm³/mol. The lowest BCUT2D eigenvalue weighted by Gasteiger charge is -2.26. The molecule has 3 heterocycles. The number of carbonyl (C=O) groups excluding carboxylic acids is 1. The number of hydrogen-bond acceptors (Lipinski definition) is 5. The second-order valence-corrected chi connectivity index (χ2v) is 8.44. The number of nitrogens with one attached hydrogen (secondary N) is 1. The first kappa shape index (κ1) is 20.0. The second kappa shape index (κ2) is 9.06. The van der Waals surface area contributed by atoms with Gasteiger partial charge >= 0.3 is 0 Å². The number of hydrogen-bond donors (Lipinski definition) is 1. The first-order chi connectivity index (χ1) is 15.2. The van der Waals surface area contributed by atoms with Crippen molar-refractivity contribution in [1.82, 2.24) is 4.90 Å². The molecule has 0 spiro atoms. The normalized spacial score (nSPS) is 17.0. The number of amides is 1. The number of fused-ring (bicyclic) bond motifs is 2. The molecule has 0 radical (unpaired) electrons. The van der Waals surface area contributed by atoms with Crippen molar-refractivity contribution >= 4 is 5.91 Å². The number of carbonyl (C=O) groups is 1. The molecule has 1 N–H and O–H groups in total. The van der Waals surface area contributed by atoms with Gasteiger partial charge in [0.1, 0.15) is 0 Å². The highest BCUT2D eigenvalue weighted by molar-refractivity contribution is 5.76. The molecule has 1 saturated heterocycles. The lowest BCUT2D eigenvalue weighted by Crippen LogP contribution is -3.12. The number of quaternary nitrogens is 1. The molecule has 0 bridgehead atoms. The molecule has 7 heteroatoms. The van der Waals surface area contributed by atoms with Gasteiger partial charge < -0.3 is 28.7 Å². The van der Waals surface area contributed by atoms with E-state index >= 15 is 0 Å². The van der Waals surface area contributed by atoms with E-state index in [0.717, 1.165) is 40.7 Å². The van der Waals surface area contributed by atoms with E-state index in [1.54, 1.807) is 4.90 Å². The van der Waals surface area contributed by atoms with Crippen LogP contribution in [-0.2, 0) is 17.9 Å². The van der Waals surface area contributed by atoms with E-state index in [1.807, 2.05) is 41.3 Å². The summed E-state index contributed by atoms with van der Waals surface area (Å²) in [6, 6.07) is 11.8. The number of ether oxygens (including phenoxy) is 4. The Balaban J connectivity index is 1.30. The fourth-order valence-electron chi connectivity index (χ4n) is 4.50. The van der Waals surface area contributed by atoms with Gasteiger partial charge in [-0.05, 0) is 54.7 Å². The lowest BCUT2D eigenvalue weighted by atomic mass is 10.1. The summed E-state index contributed by atoms with van der Waals surface area (Å²) in [5, 5.41) is 0. The van der Waals surface area contributed by atoms with Crippen LogP contribution in [0.1, 0.15) is 36.8 Å². The Morgan fingerprint density at radius 3 is 1.90 bits per heavy atom. The highest BCUT2D eigenvalue weighted by Gasteiger charge is 2.22. The van der Waals surface area contributed by atoms with Crippen LogP contribution < -0.4 is 23.8 Å². The van der Waals surface area contributed by atoms with Crippen LogP contribution >= 0.6 is 0 Å². The van der Waals surface area contributed by atoms with Gasteiger partial charge in [0.05, 0.1) is 26.1 Å². The fraction of sp³-hybridized carbons (Fsp3) is 0.458. The largest absolute Gasteiger partial charge is 0.454 e. The van der Waals surface area contributed by atoms with Gasteiger partial charge in [-0.2, -0.15) is 0 Å². The Labute approximate surface area is 182 Å². The lowest BCUT2D eigenvalue weighted by molar-refractivity contribution is -0.904. The summed E-state index contributed by atoms with van der Waals surface area (Å²) in [4.78, 5) is 16.7. The molecule has 2 aromatic rings. The van der Waals surface area contributed by atoms with Crippen LogP contribution in [0.25, 0.3) is 0 Å². The van der Waals surface area contributed by atoms with Gasteiger partial charge in [0.15, 0.2) is 23.0 Å². The number of benzene rings is 2. The highest BCUT2D eigenvalue weighted by atomic mass is 16.7. The first-order valence-corrected chi connectivity index (χ1v) is 11.1. The number of rotatable bonds is 7. The topological polar surface area (TPSA) is 61.7 Å². The third-order valence-corrected chi connectivity index (χ3v) is 6.23. The molecule has 5 rings (SSSR count). The molecule has 164 valence electrons. The molecule has 3 aliphatic rings. The summed E-state index contributed by atoms with van der Waals surface area (Å²) in [6.07, 6.45) is 4.41. The summed E-state index contributed by atoms with van der Waals surface area (Å²) < 4.78 is 21.9. The monoisotopic (exact) mass is 425 g/mol. The van der Waals surface area contributed by atoms with Gasteiger partial charge in [0.2, 0.25) is 19.5 Å². The van der Waals surface area contributed by atoms with Gasteiger partial charge in [0, 0.05) is 13.1 Å². The van der Waals surface area contributed by atoms with Crippen molar-refractivity contribution in [3.8, 4) is 23.0 Å². The van der Waals surface area contributed by atoms with Gasteiger partial charge in [-0.25, -0.2) is 0 Å². The van der Waals surface area contributed by atoms with Crippen LogP contribution in [0.3, 0.4) is 0 Å². The van der Waals surface area contributed by atoms with E-state index in [9.17, 15) is 4.79 Å². The van der Waals surface area contributed by atoms with E-state index in [4.69, 9.17) is 18.9 Å². The Bertz CT molecular complexity index is 882. The Morgan fingerprint density at radius 2 is 1.32 bits per heavy atom. The molecular weight excluding hydrogens is 396 g/mol. The van der Waals surface area contributed by atoms with E-state index in [0.29, 0.717) is 19.5 Å². The van der Waals surface area contributed by atoms with Crippen LogP contribution in [-0.4, -0.2) is 44.0 Å². The maximum absolute atomic E-state index is 13.3. The van der Waals surface area contributed by atoms with Crippen LogP contribution in [0.2, 0.25) is 0 Å². The molecule has 3 aliphatic heterocycles. The molecule has 0 saturated carbocycles. The Hall–Kier alpha value is -2.93. The molecule has 0 aromatic heterocycles. The Kier molecular flexibility index (Phi) is 5.84. The van der Waals surface area contributed by atoms with Gasteiger partial charge in [-0.1, -0.05) is 12.1 Å². The summed E-state index contributed by atoms with van der Waals surface area (Å²) in [5.41, 5.74) is 2.06. The van der Waals surface area contributed by atoms with Crippen molar-refractivity contribution in [2.75, 3.05) is 33.2 Å². The second-order valence-electron chi connectivity index (χ2n) is 8.44. The van der Waals surface area contributed by atoms with Crippen molar-refractivity contribution < 1.29 is 28.6 Å². The SMILES string of the molecule is O=C(CC[NH+]1CCCCC1)N(Cc1ccc2c(c1)OCO2)Cc1ccc2c(c1)OCO2. The maximum Gasteiger partial charge on any atom is 0.231 e. The number of piperidine rings is 1. The smallest absolute Gasteiger partial charge is 0.231 e. The molecule has 0 unspecified atom stereocenters. The zero-order chi connectivity index (χ0) is 21.0. The van der Waals surface area contributed by atoms with E-state index < -0.39 is 0 Å². The highest BCUT2D eigenvalue weighted by Crippen LogP contribution is 2.34. The van der Waals surface area contributed by atoms with Gasteiger partial charge in [-0.3, -0.25) is 4.79 Å². The third-order valence-electron chi connectivity index (χ3n) is 6.23. The fourth-order valence-corrected chi connectivity index (χ4v) is 4.50. The third kappa shape index (κ3) is 4.71. The van der Waals surface area contributed by atoms with Crippen molar-refractivity contribution in [3.05, 3.63) is 47.5 Å². The minimum absolute atomic E-state index is 0.174. The van der Waals surface area contributed by atoms with Crippen LogP contribution in [0.4, 0.5) is 0 Å². The summed E-state index contributed by atoms with van der Waals surface area (Å²) >= 11 is 0. The summed E-state index contributed by atoms with van der Waals surface area (Å²) in [6.45, 7) is 4.81. The van der Waals surface area contributed by atoms with E-state index in [2.05, 4.69) is 0 Å². The standard InChI is InChI=1S/C24H28N2O5/c27-24(8-11-25-9-2-1-3-10-25)26(14-18-4-6-20-22(12-18)30-16-28-20)15-19-5-7-21-23(13-19)31-17-29-21/h4-7,12-13H,1-3,8-11,14-17H2/p+1. The number of likely N-dealkylation sites (tertiary alicyclic amines) is 1. The molecular formula is C24H29N2O5+. The Morgan fingerprint density at radius 1 is 0.774 bits per heavy atom. The van der Waals surface area contributed by atoms with Crippen molar-refractivity contribution in [2.24, 2.45) is 0 Å². The molecule has 0 aliphatic carbocycles. The molecule has 7 nitrogen and oxygen atoms in total. The first-order valence-electron chi connectivity index (χ1n) is 11.1. The molecule has 0 atom stereocenters. The van der Waals surface area contributed by atoms with Crippen LogP contribution in [0, 0.1) is 0 Å². The van der Waals surface area contributed by atoms with Crippen LogP contribution in [0.5, 0.6) is 23.0 Å². The van der Waals surface area contributed by atoms with Crippen LogP contribution in [0.15, 0.2) is 36.4 Å². The van der Waals surface area contributed by atoms with Gasteiger partial charge in [-0.15, -0.1) is 0 Å². The van der Waals surface area contributed by atoms with E-state index in [1.165, 1.54) is 32.4 Å². The van der Waals surface area contributed by atoms with E-state index in [-0.39, 0.29) is 19.5 Å². The van der Waals surface area contributed by atoms with Crippen molar-refractivity contribution in [1.29, 1.82) is 0 Å². The van der Waals surface area contributed by atoms with Crippen molar-refractivity contribution in [3.63, 3.8) is 0 Å². The minimum atomic E-state index is 0.174. The zero-order valence-corrected chi connectivity index (χ0v) is 17.7. The molecule has 1 fully saturated rings. The summed E-state index contributed by atoms with van der Waals surface area (Å²) in [7, 11) is 0. The molecule has 2 aromatic carbocycles. The van der Waals surface area contributed by atoms with Gasteiger partial charge in [0.25, 0.3) is 0 Å². The molecule has 1 amide bonds. The maximum atomic E-state index is 13.3. The minimum Gasteiger partial charge on any atom is -0.454 e. The predicted octanol–water partition coefficient (Wildman–Crippen LogP) is 2.13. The quantitative estimate of drug-likeness (QED) is 0.737. The average molecular weight is 426 g/mol. The zero-order valence-electron chi connectivity index (χ0n) is 17.7. The van der Waals surface area contributed by atoms with Crippen molar-refractivity contribution in [2.45, 2.75) is 38.8 Å².